The molecular formula is C19H23FN2O4S. The van der Waals surface area contributed by atoms with E-state index in [1.807, 2.05) is 13.8 Å². The van der Waals surface area contributed by atoms with E-state index in [1.54, 1.807) is 24.3 Å². The van der Waals surface area contributed by atoms with E-state index in [2.05, 4.69) is 5.32 Å². The van der Waals surface area contributed by atoms with Crippen molar-refractivity contribution in [2.24, 2.45) is 0 Å². The number of nitrogens with one attached hydrogen (secondary N) is 1. The fraction of sp³-hybridized carbons (Fsp3) is 0.316. The molecule has 0 aliphatic heterocycles. The second kappa shape index (κ2) is 8.85. The summed E-state index contributed by atoms with van der Waals surface area (Å²) in [5, 5.41) is 2.70. The van der Waals surface area contributed by atoms with Crippen LogP contribution in [0.25, 0.3) is 0 Å². The molecule has 0 saturated carbocycles. The van der Waals surface area contributed by atoms with Crippen molar-refractivity contribution >= 4 is 27.3 Å². The number of carbonyl (C=O) groups excluding carboxylic acids is 1. The van der Waals surface area contributed by atoms with Gasteiger partial charge in [0, 0.05) is 18.7 Å². The standard InChI is InChI=1S/C19H23FN2O4S/c1-14(2)26-18-9-7-16(8-10-18)21-19(23)11-12-22(27(3,24)25)17-6-4-5-15(20)13-17/h4-10,13-14H,11-12H2,1-3H3,(H,21,23). The molecule has 0 bridgehead atoms. The molecule has 1 amide bonds. The van der Waals surface area contributed by atoms with Gasteiger partial charge >= 0.3 is 0 Å². The van der Waals surface area contributed by atoms with E-state index in [0.717, 1.165) is 16.6 Å². The van der Waals surface area contributed by atoms with E-state index < -0.39 is 15.8 Å². The first-order valence-electron chi connectivity index (χ1n) is 8.45. The summed E-state index contributed by atoms with van der Waals surface area (Å²) in [6, 6.07) is 12.1. The summed E-state index contributed by atoms with van der Waals surface area (Å²) < 4.78 is 43.9. The Hall–Kier alpha value is -2.61. The van der Waals surface area contributed by atoms with E-state index >= 15 is 0 Å². The summed E-state index contributed by atoms with van der Waals surface area (Å²) in [7, 11) is -3.65. The highest BCUT2D eigenvalue weighted by atomic mass is 32.2. The molecule has 8 heteroatoms. The minimum Gasteiger partial charge on any atom is -0.491 e. The number of ether oxygens (including phenoxy) is 1. The summed E-state index contributed by atoms with van der Waals surface area (Å²) >= 11 is 0. The van der Waals surface area contributed by atoms with Crippen LogP contribution in [0.3, 0.4) is 0 Å². The second-order valence-corrected chi connectivity index (χ2v) is 8.21. The number of benzene rings is 2. The lowest BCUT2D eigenvalue weighted by atomic mass is 10.2. The average Bonchev–Trinajstić information content (AvgIpc) is 2.55. The van der Waals surface area contributed by atoms with Crippen LogP contribution in [0.4, 0.5) is 15.8 Å². The maximum Gasteiger partial charge on any atom is 0.232 e. The SMILES string of the molecule is CC(C)Oc1ccc(NC(=O)CCN(c2cccc(F)c2)S(C)(=O)=O)cc1. The molecule has 2 aromatic rings. The Balaban J connectivity index is 1.99. The minimum atomic E-state index is -3.65. The molecule has 1 N–H and O–H groups in total. The molecule has 0 aliphatic rings. The second-order valence-electron chi connectivity index (χ2n) is 6.30. The van der Waals surface area contributed by atoms with Crippen LogP contribution in [-0.2, 0) is 14.8 Å². The first-order chi connectivity index (χ1) is 12.6. The minimum absolute atomic E-state index is 0.0511. The summed E-state index contributed by atoms with van der Waals surface area (Å²) in [6.45, 7) is 3.74. The van der Waals surface area contributed by atoms with Gasteiger partial charge in [-0.25, -0.2) is 12.8 Å². The molecule has 0 atom stereocenters. The number of halogens is 1. The van der Waals surface area contributed by atoms with Crippen molar-refractivity contribution < 1.29 is 22.3 Å². The van der Waals surface area contributed by atoms with Crippen LogP contribution in [0, 0.1) is 5.82 Å². The highest BCUT2D eigenvalue weighted by Gasteiger charge is 2.19. The number of rotatable bonds is 8. The maximum absolute atomic E-state index is 13.4. The highest BCUT2D eigenvalue weighted by Crippen LogP contribution is 2.20. The van der Waals surface area contributed by atoms with Gasteiger partial charge in [-0.3, -0.25) is 9.10 Å². The Morgan fingerprint density at radius 2 is 1.85 bits per heavy atom. The third-order valence-corrected chi connectivity index (χ3v) is 4.74. The van der Waals surface area contributed by atoms with Gasteiger partial charge in [0.1, 0.15) is 11.6 Å². The lowest BCUT2D eigenvalue weighted by molar-refractivity contribution is -0.116. The smallest absolute Gasteiger partial charge is 0.232 e. The molecule has 0 spiro atoms. The largest absolute Gasteiger partial charge is 0.491 e. The van der Waals surface area contributed by atoms with Crippen LogP contribution in [-0.4, -0.2) is 33.2 Å². The predicted octanol–water partition coefficient (Wildman–Crippen LogP) is 3.41. The van der Waals surface area contributed by atoms with Gasteiger partial charge in [-0.1, -0.05) is 6.07 Å². The number of anilines is 2. The maximum atomic E-state index is 13.4. The third-order valence-electron chi connectivity index (χ3n) is 3.55. The highest BCUT2D eigenvalue weighted by molar-refractivity contribution is 7.92. The molecular weight excluding hydrogens is 371 g/mol. The molecule has 0 unspecified atom stereocenters. The Bertz CT molecular complexity index is 883. The molecule has 0 radical (unpaired) electrons. The molecule has 27 heavy (non-hydrogen) atoms. The monoisotopic (exact) mass is 394 g/mol. The van der Waals surface area contributed by atoms with Crippen LogP contribution >= 0.6 is 0 Å². The van der Waals surface area contributed by atoms with Crippen molar-refractivity contribution in [3.8, 4) is 5.75 Å². The van der Waals surface area contributed by atoms with Gasteiger partial charge in [0.2, 0.25) is 15.9 Å². The molecule has 0 aromatic heterocycles. The molecule has 6 nitrogen and oxygen atoms in total. The Labute approximate surface area is 159 Å². The average molecular weight is 394 g/mol. The molecule has 2 aromatic carbocycles. The zero-order valence-corrected chi connectivity index (χ0v) is 16.3. The van der Waals surface area contributed by atoms with Gasteiger partial charge in [0.15, 0.2) is 0 Å². The Kier molecular flexibility index (Phi) is 6.79. The van der Waals surface area contributed by atoms with Crippen LogP contribution in [0.15, 0.2) is 48.5 Å². The van der Waals surface area contributed by atoms with Crippen molar-refractivity contribution in [1.82, 2.24) is 0 Å². The summed E-state index contributed by atoms with van der Waals surface area (Å²) in [4.78, 5) is 12.2. The van der Waals surface area contributed by atoms with Gasteiger partial charge in [0.25, 0.3) is 0 Å². The van der Waals surface area contributed by atoms with Crippen LogP contribution in [0.2, 0.25) is 0 Å². The number of hydrogen-bond acceptors (Lipinski definition) is 4. The van der Waals surface area contributed by atoms with Gasteiger partial charge in [-0.05, 0) is 56.3 Å². The Morgan fingerprint density at radius 1 is 1.19 bits per heavy atom. The molecule has 0 fully saturated rings. The lowest BCUT2D eigenvalue weighted by Crippen LogP contribution is -2.33. The zero-order valence-electron chi connectivity index (χ0n) is 15.5. The molecule has 0 heterocycles. The van der Waals surface area contributed by atoms with E-state index in [1.165, 1.54) is 18.2 Å². The predicted molar refractivity (Wildman–Crippen MR) is 104 cm³/mol. The molecule has 2 rings (SSSR count). The zero-order chi connectivity index (χ0) is 20.0. The molecule has 0 aliphatic carbocycles. The van der Waals surface area contributed by atoms with E-state index in [9.17, 15) is 17.6 Å². The van der Waals surface area contributed by atoms with Crippen LogP contribution < -0.4 is 14.4 Å². The van der Waals surface area contributed by atoms with Gasteiger partial charge < -0.3 is 10.1 Å². The summed E-state index contributed by atoms with van der Waals surface area (Å²) in [5.74, 6) is -0.204. The number of amides is 1. The molecule has 146 valence electrons. The van der Waals surface area contributed by atoms with Crippen molar-refractivity contribution in [3.63, 3.8) is 0 Å². The van der Waals surface area contributed by atoms with Crippen LogP contribution in [0.1, 0.15) is 20.3 Å². The fourth-order valence-electron chi connectivity index (χ4n) is 2.43. The third kappa shape index (κ3) is 6.56. The first-order valence-corrected chi connectivity index (χ1v) is 10.3. The van der Waals surface area contributed by atoms with E-state index in [4.69, 9.17) is 4.74 Å². The molecule has 0 saturated heterocycles. The van der Waals surface area contributed by atoms with E-state index in [0.29, 0.717) is 11.4 Å². The van der Waals surface area contributed by atoms with Crippen molar-refractivity contribution in [1.29, 1.82) is 0 Å². The van der Waals surface area contributed by atoms with Gasteiger partial charge in [0.05, 0.1) is 18.0 Å². The van der Waals surface area contributed by atoms with E-state index in [-0.39, 0.29) is 30.7 Å². The van der Waals surface area contributed by atoms with Crippen LogP contribution in [0.5, 0.6) is 5.75 Å². The number of sulfonamides is 1. The van der Waals surface area contributed by atoms with Crippen molar-refractivity contribution in [2.75, 3.05) is 22.4 Å². The number of nitrogens with zero attached hydrogens (tertiary/aromatic N) is 1. The normalized spacial score (nSPS) is 11.3. The quantitative estimate of drug-likeness (QED) is 0.745. The summed E-state index contributed by atoms with van der Waals surface area (Å²) in [6.07, 6.45) is 0.993. The Morgan fingerprint density at radius 3 is 2.41 bits per heavy atom. The van der Waals surface area contributed by atoms with Crippen molar-refractivity contribution in [2.45, 2.75) is 26.4 Å². The first kappa shape index (κ1) is 20.7. The lowest BCUT2D eigenvalue weighted by Gasteiger charge is -2.22. The number of carbonyl (C=O) groups is 1. The fourth-order valence-corrected chi connectivity index (χ4v) is 3.35. The summed E-state index contributed by atoms with van der Waals surface area (Å²) in [5.41, 5.74) is 0.758. The van der Waals surface area contributed by atoms with Crippen molar-refractivity contribution in [3.05, 3.63) is 54.3 Å². The van der Waals surface area contributed by atoms with Gasteiger partial charge in [-0.15, -0.1) is 0 Å². The van der Waals surface area contributed by atoms with Gasteiger partial charge in [-0.2, -0.15) is 0 Å². The topological polar surface area (TPSA) is 75.7 Å². The number of hydrogen-bond donors (Lipinski definition) is 1.